The predicted octanol–water partition coefficient (Wildman–Crippen LogP) is 0.00310. The molecule has 0 aliphatic carbocycles. The van der Waals surface area contributed by atoms with Crippen LogP contribution in [0.3, 0.4) is 0 Å². The fourth-order valence-electron chi connectivity index (χ4n) is 3.52. The maximum atomic E-state index is 12.7. The van der Waals surface area contributed by atoms with E-state index in [0.29, 0.717) is 49.9 Å². The lowest BCUT2D eigenvalue weighted by Crippen LogP contribution is -2.44. The van der Waals surface area contributed by atoms with Gasteiger partial charge in [-0.2, -0.15) is 0 Å². The molecule has 1 aromatic rings. The lowest BCUT2D eigenvalue weighted by atomic mass is 10.2. The van der Waals surface area contributed by atoms with Crippen molar-refractivity contribution in [1.82, 2.24) is 10.2 Å². The number of sulfone groups is 1. The summed E-state index contributed by atoms with van der Waals surface area (Å²) in [5.41, 5.74) is 0.689. The van der Waals surface area contributed by atoms with Crippen LogP contribution < -0.4 is 19.7 Å². The summed E-state index contributed by atoms with van der Waals surface area (Å²) in [4.78, 5) is 27.9. The number of nitrogens with zero attached hydrogens (tertiary/aromatic N) is 2. The van der Waals surface area contributed by atoms with E-state index in [-0.39, 0.29) is 36.0 Å². The van der Waals surface area contributed by atoms with Gasteiger partial charge in [-0.25, -0.2) is 13.2 Å². The normalized spacial score (nSPS) is 23.6. The van der Waals surface area contributed by atoms with Crippen LogP contribution in [0.4, 0.5) is 10.5 Å². The molecule has 3 aliphatic rings. The van der Waals surface area contributed by atoms with E-state index in [1.54, 1.807) is 23.1 Å². The first-order valence-electron chi connectivity index (χ1n) is 8.87. The number of hydrogen-bond donors (Lipinski definition) is 1. The van der Waals surface area contributed by atoms with Crippen molar-refractivity contribution in [1.29, 1.82) is 0 Å². The average Bonchev–Trinajstić information content (AvgIpc) is 3.16. The van der Waals surface area contributed by atoms with E-state index in [2.05, 4.69) is 5.32 Å². The predicted molar refractivity (Wildman–Crippen MR) is 96.9 cm³/mol. The van der Waals surface area contributed by atoms with Crippen molar-refractivity contribution >= 4 is 27.5 Å². The highest BCUT2D eigenvalue weighted by molar-refractivity contribution is 7.91. The van der Waals surface area contributed by atoms with E-state index in [0.717, 1.165) is 0 Å². The van der Waals surface area contributed by atoms with Gasteiger partial charge in [0.25, 0.3) is 0 Å². The molecule has 27 heavy (non-hydrogen) atoms. The van der Waals surface area contributed by atoms with E-state index in [1.165, 1.54) is 4.90 Å². The fraction of sp³-hybridized carbons (Fsp3) is 0.529. The Morgan fingerprint density at radius 2 is 1.96 bits per heavy atom. The average molecular weight is 395 g/mol. The molecule has 1 atom stereocenters. The number of fused-ring (bicyclic) bond motifs is 1. The molecule has 10 heteroatoms. The minimum atomic E-state index is -3.06. The third kappa shape index (κ3) is 3.80. The molecule has 2 saturated heterocycles. The quantitative estimate of drug-likeness (QED) is 0.770. The maximum Gasteiger partial charge on any atom is 0.325 e. The number of carbonyl (C=O) groups is 2. The molecule has 3 heterocycles. The summed E-state index contributed by atoms with van der Waals surface area (Å²) in [7, 11) is -3.06. The Kier molecular flexibility index (Phi) is 4.58. The Bertz CT molecular complexity index is 871. The van der Waals surface area contributed by atoms with E-state index < -0.39 is 9.84 Å². The van der Waals surface area contributed by atoms with E-state index >= 15 is 0 Å². The molecule has 3 aliphatic heterocycles. The number of amides is 3. The first kappa shape index (κ1) is 17.9. The molecular weight excluding hydrogens is 374 g/mol. The SMILES string of the molecule is O=C(CN1CCN(c2ccc3c(c2)OCCO3)C1=O)NC1CCS(=O)(=O)C1. The highest BCUT2D eigenvalue weighted by Crippen LogP contribution is 2.34. The summed E-state index contributed by atoms with van der Waals surface area (Å²) >= 11 is 0. The summed E-state index contributed by atoms with van der Waals surface area (Å²) in [6.07, 6.45) is 0.422. The zero-order valence-electron chi connectivity index (χ0n) is 14.7. The molecule has 0 saturated carbocycles. The number of benzene rings is 1. The lowest BCUT2D eigenvalue weighted by Gasteiger charge is -2.22. The third-order valence-electron chi connectivity index (χ3n) is 4.86. The topological polar surface area (TPSA) is 105 Å². The summed E-state index contributed by atoms with van der Waals surface area (Å²) in [6, 6.07) is 4.69. The van der Waals surface area contributed by atoms with Crippen molar-refractivity contribution in [2.24, 2.45) is 0 Å². The van der Waals surface area contributed by atoms with Crippen LogP contribution in [-0.2, 0) is 14.6 Å². The van der Waals surface area contributed by atoms with E-state index in [4.69, 9.17) is 9.47 Å². The zero-order chi connectivity index (χ0) is 19.0. The van der Waals surface area contributed by atoms with Crippen molar-refractivity contribution in [3.8, 4) is 11.5 Å². The monoisotopic (exact) mass is 395 g/mol. The molecule has 2 fully saturated rings. The van der Waals surface area contributed by atoms with Gasteiger partial charge in [0.1, 0.15) is 19.8 Å². The Morgan fingerprint density at radius 1 is 1.19 bits per heavy atom. The largest absolute Gasteiger partial charge is 0.486 e. The van der Waals surface area contributed by atoms with Gasteiger partial charge in [-0.05, 0) is 18.6 Å². The van der Waals surface area contributed by atoms with Crippen molar-refractivity contribution < 1.29 is 27.5 Å². The third-order valence-corrected chi connectivity index (χ3v) is 6.63. The maximum absolute atomic E-state index is 12.7. The van der Waals surface area contributed by atoms with Crippen LogP contribution in [0.15, 0.2) is 18.2 Å². The van der Waals surface area contributed by atoms with Crippen molar-refractivity contribution in [3.05, 3.63) is 18.2 Å². The highest BCUT2D eigenvalue weighted by atomic mass is 32.2. The molecule has 9 nitrogen and oxygen atoms in total. The molecule has 0 aromatic heterocycles. The number of hydrogen-bond acceptors (Lipinski definition) is 6. The van der Waals surface area contributed by atoms with Gasteiger partial charge in [0, 0.05) is 30.9 Å². The smallest absolute Gasteiger partial charge is 0.325 e. The first-order chi connectivity index (χ1) is 12.9. The molecule has 0 radical (unpaired) electrons. The van der Waals surface area contributed by atoms with Gasteiger partial charge < -0.3 is 19.7 Å². The van der Waals surface area contributed by atoms with Gasteiger partial charge in [0.15, 0.2) is 21.3 Å². The van der Waals surface area contributed by atoms with Crippen LogP contribution in [0.1, 0.15) is 6.42 Å². The lowest BCUT2D eigenvalue weighted by molar-refractivity contribution is -0.122. The molecule has 146 valence electrons. The number of rotatable bonds is 4. The van der Waals surface area contributed by atoms with Crippen LogP contribution in [0.2, 0.25) is 0 Å². The number of nitrogens with one attached hydrogen (secondary N) is 1. The summed E-state index contributed by atoms with van der Waals surface area (Å²) in [5.74, 6) is 0.980. The van der Waals surface area contributed by atoms with Crippen molar-refractivity contribution in [2.45, 2.75) is 12.5 Å². The standard InChI is InChI=1S/C17H21N3O6S/c21-16(18-12-3-8-27(23,24)11-12)10-19-4-5-20(17(19)22)13-1-2-14-15(9-13)26-7-6-25-14/h1-2,9,12H,3-8,10-11H2,(H,18,21). The van der Waals surface area contributed by atoms with Crippen LogP contribution >= 0.6 is 0 Å². The van der Waals surface area contributed by atoms with Crippen LogP contribution in [0.5, 0.6) is 11.5 Å². The molecule has 3 amide bonds. The summed E-state index contributed by atoms with van der Waals surface area (Å²) in [6.45, 7) is 1.76. The van der Waals surface area contributed by atoms with Gasteiger partial charge in [0.05, 0.1) is 11.5 Å². The second-order valence-corrected chi connectivity index (χ2v) is 9.08. The van der Waals surface area contributed by atoms with Crippen molar-refractivity contribution in [2.75, 3.05) is 49.3 Å². The van der Waals surface area contributed by atoms with Gasteiger partial charge in [-0.1, -0.05) is 0 Å². The minimum absolute atomic E-state index is 0.0317. The summed E-state index contributed by atoms with van der Waals surface area (Å²) in [5, 5.41) is 2.71. The Labute approximate surface area is 157 Å². The van der Waals surface area contributed by atoms with E-state index in [1.807, 2.05) is 0 Å². The Hall–Kier alpha value is -2.49. The Balaban J connectivity index is 1.36. The zero-order valence-corrected chi connectivity index (χ0v) is 15.5. The van der Waals surface area contributed by atoms with Crippen LogP contribution in [0.25, 0.3) is 0 Å². The molecule has 4 rings (SSSR count). The molecule has 1 unspecified atom stereocenters. The van der Waals surface area contributed by atoms with Crippen molar-refractivity contribution in [3.63, 3.8) is 0 Å². The van der Waals surface area contributed by atoms with E-state index in [9.17, 15) is 18.0 Å². The first-order valence-corrected chi connectivity index (χ1v) is 10.7. The van der Waals surface area contributed by atoms with Gasteiger partial charge in [-0.3, -0.25) is 9.69 Å². The number of carbonyl (C=O) groups excluding carboxylic acids is 2. The molecule has 0 spiro atoms. The highest BCUT2D eigenvalue weighted by Gasteiger charge is 2.33. The fourth-order valence-corrected chi connectivity index (χ4v) is 5.20. The van der Waals surface area contributed by atoms with Gasteiger partial charge in [0.2, 0.25) is 5.91 Å². The molecular formula is C17H21N3O6S. The number of urea groups is 1. The Morgan fingerprint density at radius 3 is 2.70 bits per heavy atom. The van der Waals surface area contributed by atoms with Crippen LogP contribution in [-0.4, -0.2) is 75.7 Å². The van der Waals surface area contributed by atoms with Gasteiger partial charge >= 0.3 is 6.03 Å². The second-order valence-electron chi connectivity index (χ2n) is 6.85. The molecule has 0 bridgehead atoms. The van der Waals surface area contributed by atoms with Crippen LogP contribution in [0, 0.1) is 0 Å². The number of anilines is 1. The summed E-state index contributed by atoms with van der Waals surface area (Å²) < 4.78 is 34.0. The van der Waals surface area contributed by atoms with Gasteiger partial charge in [-0.15, -0.1) is 0 Å². The second kappa shape index (κ2) is 6.91. The minimum Gasteiger partial charge on any atom is -0.486 e. The molecule has 1 N–H and O–H groups in total. The molecule has 1 aromatic carbocycles. The number of ether oxygens (including phenoxy) is 2.